The molecular weight excluding hydrogens is 526 g/mol. The lowest BCUT2D eigenvalue weighted by atomic mass is 10.0. The lowest BCUT2D eigenvalue weighted by Gasteiger charge is -2.07. The number of fused-ring (bicyclic) bond motifs is 10. The maximum Gasteiger partial charge on any atom is 0.262 e. The molecule has 3 heterocycles. The molecule has 3 aromatic heterocycles. The van der Waals surface area contributed by atoms with Crippen molar-refractivity contribution >= 4 is 54.4 Å². The molecule has 0 atom stereocenters. The summed E-state index contributed by atoms with van der Waals surface area (Å²) in [6, 6.07) is 31.2. The highest BCUT2D eigenvalue weighted by Crippen LogP contribution is 2.43. The van der Waals surface area contributed by atoms with Crippen molar-refractivity contribution in [2.75, 3.05) is 0 Å². The van der Waals surface area contributed by atoms with Crippen LogP contribution in [0.1, 0.15) is 11.1 Å². The van der Waals surface area contributed by atoms with E-state index in [1.165, 1.54) is 11.6 Å². The van der Waals surface area contributed by atoms with E-state index in [0.29, 0.717) is 68.3 Å². The number of para-hydroxylation sites is 2. The molecule has 0 saturated heterocycles. The molecule has 0 spiro atoms. The maximum atomic E-state index is 13.6. The van der Waals surface area contributed by atoms with Crippen molar-refractivity contribution in [1.29, 1.82) is 0 Å². The Morgan fingerprint density at radius 3 is 1.38 bits per heavy atom. The molecule has 0 aliphatic carbocycles. The zero-order valence-electron chi connectivity index (χ0n) is 22.6. The Kier molecular flexibility index (Phi) is 5.34. The SMILES string of the molecule is Cn1c(=O)c2c(c1=O)c1c3cccc(OCc4ccccc4)c3nc1c1nc3c(OCc4ccccc4)cccc3c12. The number of benzene rings is 5. The Morgan fingerprint density at radius 1 is 0.524 bits per heavy atom. The van der Waals surface area contributed by atoms with Crippen molar-refractivity contribution in [3.8, 4) is 11.5 Å². The summed E-state index contributed by atoms with van der Waals surface area (Å²) in [5.41, 5.74) is 3.75. The van der Waals surface area contributed by atoms with Crippen LogP contribution >= 0.6 is 0 Å². The molecule has 0 bridgehead atoms. The second-order valence-electron chi connectivity index (χ2n) is 10.4. The molecule has 0 aliphatic heterocycles. The Balaban J connectivity index is 1.40. The topological polar surface area (TPSA) is 83.3 Å². The third-order valence-electron chi connectivity index (χ3n) is 7.94. The molecule has 0 saturated carbocycles. The van der Waals surface area contributed by atoms with Crippen molar-refractivity contribution in [3.63, 3.8) is 0 Å². The fourth-order valence-corrected chi connectivity index (χ4v) is 5.93. The van der Waals surface area contributed by atoms with Crippen LogP contribution in [0.15, 0.2) is 107 Å². The minimum Gasteiger partial charge on any atom is -0.487 e. The van der Waals surface area contributed by atoms with E-state index < -0.39 is 0 Å². The largest absolute Gasteiger partial charge is 0.487 e. The zero-order valence-corrected chi connectivity index (χ0v) is 22.6. The quantitative estimate of drug-likeness (QED) is 0.241. The van der Waals surface area contributed by atoms with Crippen LogP contribution in [0.4, 0.5) is 0 Å². The smallest absolute Gasteiger partial charge is 0.262 e. The molecule has 0 fully saturated rings. The van der Waals surface area contributed by atoms with Crippen LogP contribution in [0.3, 0.4) is 0 Å². The van der Waals surface area contributed by atoms with Gasteiger partial charge >= 0.3 is 0 Å². The van der Waals surface area contributed by atoms with Gasteiger partial charge in [-0.15, -0.1) is 0 Å². The van der Waals surface area contributed by atoms with Crippen LogP contribution in [0.25, 0.3) is 54.4 Å². The van der Waals surface area contributed by atoms with Gasteiger partial charge in [0.05, 0.1) is 21.8 Å². The zero-order chi connectivity index (χ0) is 28.4. The molecular formula is C35H23N3O4. The van der Waals surface area contributed by atoms with Crippen molar-refractivity contribution in [2.24, 2.45) is 7.05 Å². The minimum atomic E-state index is -0.349. The van der Waals surface area contributed by atoms with Gasteiger partial charge in [0, 0.05) is 28.6 Å². The van der Waals surface area contributed by atoms with E-state index >= 15 is 0 Å². The minimum absolute atomic E-state index is 0.349. The molecule has 8 rings (SSSR count). The predicted octanol–water partition coefficient (Wildman–Crippen LogP) is 6.34. The van der Waals surface area contributed by atoms with Gasteiger partial charge in [-0.3, -0.25) is 14.2 Å². The van der Waals surface area contributed by atoms with E-state index in [-0.39, 0.29) is 11.1 Å². The third-order valence-corrected chi connectivity index (χ3v) is 7.94. The molecule has 0 unspecified atom stereocenters. The summed E-state index contributed by atoms with van der Waals surface area (Å²) in [4.78, 5) is 37.2. The molecule has 0 radical (unpaired) electrons. The monoisotopic (exact) mass is 549 g/mol. The first kappa shape index (κ1) is 24.3. The maximum absolute atomic E-state index is 13.6. The van der Waals surface area contributed by atoms with Gasteiger partial charge in [0.2, 0.25) is 0 Å². The van der Waals surface area contributed by atoms with Crippen molar-refractivity contribution in [3.05, 3.63) is 129 Å². The average molecular weight is 550 g/mol. The van der Waals surface area contributed by atoms with Gasteiger partial charge in [0.15, 0.2) is 0 Å². The van der Waals surface area contributed by atoms with E-state index in [0.717, 1.165) is 21.9 Å². The fraction of sp³-hybridized carbons (Fsp3) is 0.0857. The summed E-state index contributed by atoms with van der Waals surface area (Å²) < 4.78 is 13.6. The lowest BCUT2D eigenvalue weighted by molar-refractivity contribution is 0.309. The van der Waals surface area contributed by atoms with E-state index in [2.05, 4.69) is 0 Å². The average Bonchev–Trinajstić information content (AvgIpc) is 3.68. The molecule has 7 heteroatoms. The summed E-state index contributed by atoms with van der Waals surface area (Å²) in [5, 5.41) is 3.45. The Hall–Kier alpha value is -5.56. The molecule has 0 amide bonds. The summed E-state index contributed by atoms with van der Waals surface area (Å²) in [6.45, 7) is 0.745. The highest BCUT2D eigenvalue weighted by molar-refractivity contribution is 6.35. The van der Waals surface area contributed by atoms with Gasteiger partial charge in [0.25, 0.3) is 11.1 Å². The molecule has 5 aromatic carbocycles. The summed E-state index contributed by atoms with van der Waals surface area (Å²) in [5.74, 6) is 1.20. The van der Waals surface area contributed by atoms with Crippen LogP contribution in [-0.4, -0.2) is 14.5 Å². The first-order valence-electron chi connectivity index (χ1n) is 13.7. The summed E-state index contributed by atoms with van der Waals surface area (Å²) >= 11 is 0. The molecule has 202 valence electrons. The molecule has 0 aliphatic rings. The molecule has 0 N–H and O–H groups in total. The third kappa shape index (κ3) is 3.53. The highest BCUT2D eigenvalue weighted by atomic mass is 16.5. The van der Waals surface area contributed by atoms with E-state index in [9.17, 15) is 9.59 Å². The standard InChI is InChI=1S/C35H23N3O4/c1-38-34(39)28-26-22-14-8-16-24(41-18-20-10-4-2-5-11-20)30(22)36-32(26)33-27(29(28)35(38)40)23-15-9-17-25(31(23)37-33)42-19-21-12-6-3-7-13-21/h2-17H,18-19H2,1H3. The van der Waals surface area contributed by atoms with Gasteiger partial charge in [-0.25, -0.2) is 9.97 Å². The lowest BCUT2D eigenvalue weighted by Crippen LogP contribution is -2.21. The van der Waals surface area contributed by atoms with E-state index in [4.69, 9.17) is 19.4 Å². The van der Waals surface area contributed by atoms with Gasteiger partial charge in [-0.05, 0) is 23.3 Å². The number of hydrogen-bond donors (Lipinski definition) is 0. The van der Waals surface area contributed by atoms with Gasteiger partial charge in [-0.1, -0.05) is 84.9 Å². The number of rotatable bonds is 6. The van der Waals surface area contributed by atoms with Crippen LogP contribution in [-0.2, 0) is 20.3 Å². The van der Waals surface area contributed by atoms with E-state index in [1.54, 1.807) is 0 Å². The van der Waals surface area contributed by atoms with E-state index in [1.807, 2.05) is 97.1 Å². The van der Waals surface area contributed by atoms with Crippen LogP contribution in [0.2, 0.25) is 0 Å². The Bertz CT molecular complexity index is 2240. The fourth-order valence-electron chi connectivity index (χ4n) is 5.93. The van der Waals surface area contributed by atoms with Crippen LogP contribution < -0.4 is 20.6 Å². The molecule has 42 heavy (non-hydrogen) atoms. The van der Waals surface area contributed by atoms with Crippen LogP contribution in [0, 0.1) is 0 Å². The van der Waals surface area contributed by atoms with Crippen LogP contribution in [0.5, 0.6) is 11.5 Å². The van der Waals surface area contributed by atoms with Gasteiger partial charge < -0.3 is 9.47 Å². The van der Waals surface area contributed by atoms with Crippen molar-refractivity contribution in [1.82, 2.24) is 14.5 Å². The summed E-state index contributed by atoms with van der Waals surface area (Å²) in [6.07, 6.45) is 0. The predicted molar refractivity (Wildman–Crippen MR) is 165 cm³/mol. The normalized spacial score (nSPS) is 11.8. The number of nitrogens with zero attached hydrogens (tertiary/aromatic N) is 3. The van der Waals surface area contributed by atoms with Gasteiger partial charge in [-0.2, -0.15) is 0 Å². The number of aromatic nitrogens is 3. The molecule has 7 nitrogen and oxygen atoms in total. The van der Waals surface area contributed by atoms with Crippen molar-refractivity contribution < 1.29 is 9.47 Å². The Morgan fingerprint density at radius 2 is 0.952 bits per heavy atom. The first-order chi connectivity index (χ1) is 20.6. The Labute approximate surface area is 238 Å². The second-order valence-corrected chi connectivity index (χ2v) is 10.4. The molecule has 8 aromatic rings. The number of hydrogen-bond acceptors (Lipinski definition) is 6. The first-order valence-corrected chi connectivity index (χ1v) is 13.7. The second kappa shape index (κ2) is 9.24. The van der Waals surface area contributed by atoms with Gasteiger partial charge in [0.1, 0.15) is 35.7 Å². The summed E-state index contributed by atoms with van der Waals surface area (Å²) in [7, 11) is 1.52. The van der Waals surface area contributed by atoms with Crippen molar-refractivity contribution in [2.45, 2.75) is 13.2 Å². The highest BCUT2D eigenvalue weighted by Gasteiger charge is 2.26. The number of ether oxygens (including phenoxy) is 2.